The molecule has 0 radical (unpaired) electrons. The van der Waals surface area contributed by atoms with Crippen molar-refractivity contribution in [2.24, 2.45) is 7.05 Å². The highest BCUT2D eigenvalue weighted by Crippen LogP contribution is 2.24. The Morgan fingerprint density at radius 3 is 2.81 bits per heavy atom. The first-order valence-electron chi connectivity index (χ1n) is 4.70. The van der Waals surface area contributed by atoms with Crippen molar-refractivity contribution in [2.75, 3.05) is 0 Å². The molecule has 0 bridgehead atoms. The van der Waals surface area contributed by atoms with Gasteiger partial charge >= 0.3 is 0 Å². The lowest BCUT2D eigenvalue weighted by Gasteiger charge is -2.11. The van der Waals surface area contributed by atoms with Crippen molar-refractivity contribution in [1.82, 2.24) is 9.55 Å². The van der Waals surface area contributed by atoms with Gasteiger partial charge in [0, 0.05) is 19.4 Å². The van der Waals surface area contributed by atoms with Crippen LogP contribution in [0.25, 0.3) is 0 Å². The monoisotopic (exact) mass is 284 g/mol. The predicted octanol–water partition coefficient (Wildman–Crippen LogP) is 2.40. The normalized spacial score (nSPS) is 12.8. The topological polar surface area (TPSA) is 38.0 Å². The molecule has 0 aliphatic heterocycles. The number of hydrogen-bond acceptors (Lipinski definition) is 2. The molecule has 0 amide bonds. The highest BCUT2D eigenvalue weighted by molar-refractivity contribution is 9.10. The van der Waals surface area contributed by atoms with Crippen molar-refractivity contribution in [3.63, 3.8) is 0 Å². The molecular formula is C11H10BrFN2O. The lowest BCUT2D eigenvalue weighted by molar-refractivity contribution is 0.206. The van der Waals surface area contributed by atoms with Crippen molar-refractivity contribution in [3.05, 3.63) is 52.3 Å². The zero-order valence-electron chi connectivity index (χ0n) is 8.56. The van der Waals surface area contributed by atoms with E-state index in [9.17, 15) is 9.50 Å². The van der Waals surface area contributed by atoms with Crippen LogP contribution in [0.3, 0.4) is 0 Å². The minimum atomic E-state index is -0.850. The van der Waals surface area contributed by atoms with E-state index < -0.39 is 6.10 Å². The molecule has 1 unspecified atom stereocenters. The van der Waals surface area contributed by atoms with Crippen LogP contribution in [0.1, 0.15) is 17.5 Å². The van der Waals surface area contributed by atoms with E-state index in [1.54, 1.807) is 36.1 Å². The zero-order chi connectivity index (χ0) is 11.7. The molecule has 0 aliphatic carbocycles. The van der Waals surface area contributed by atoms with Gasteiger partial charge in [0.2, 0.25) is 0 Å². The van der Waals surface area contributed by atoms with Crippen molar-refractivity contribution < 1.29 is 9.50 Å². The van der Waals surface area contributed by atoms with Gasteiger partial charge in [-0.25, -0.2) is 9.37 Å². The van der Waals surface area contributed by atoms with E-state index in [4.69, 9.17) is 0 Å². The summed E-state index contributed by atoms with van der Waals surface area (Å²) in [6.07, 6.45) is 2.51. The van der Waals surface area contributed by atoms with Gasteiger partial charge in [0.15, 0.2) is 0 Å². The molecule has 0 aliphatic rings. The summed E-state index contributed by atoms with van der Waals surface area (Å²) in [6, 6.07) is 4.40. The number of aliphatic hydroxyl groups excluding tert-OH is 1. The fraction of sp³-hybridized carbons (Fsp3) is 0.182. The Labute approximate surface area is 101 Å². The second-order valence-corrected chi connectivity index (χ2v) is 4.33. The molecule has 1 atom stereocenters. The maximum Gasteiger partial charge on any atom is 0.142 e. The molecule has 2 rings (SSSR count). The zero-order valence-corrected chi connectivity index (χ0v) is 10.1. The van der Waals surface area contributed by atoms with Gasteiger partial charge in [-0.15, -0.1) is 0 Å². The number of rotatable bonds is 2. The van der Waals surface area contributed by atoms with Crippen LogP contribution >= 0.6 is 15.9 Å². The summed E-state index contributed by atoms with van der Waals surface area (Å²) < 4.78 is 15.1. The second kappa shape index (κ2) is 4.35. The number of aryl methyl sites for hydroxylation is 1. The first-order valence-corrected chi connectivity index (χ1v) is 5.49. The molecule has 1 heterocycles. The summed E-state index contributed by atoms with van der Waals surface area (Å²) in [7, 11) is 1.80. The Morgan fingerprint density at radius 1 is 1.50 bits per heavy atom. The maximum atomic E-state index is 13.0. The molecule has 1 N–H and O–H groups in total. The summed E-state index contributed by atoms with van der Waals surface area (Å²) in [5.74, 6) is 0.175. The number of nitrogens with zero attached hydrogens (tertiary/aromatic N) is 2. The number of halogens is 2. The van der Waals surface area contributed by atoms with Gasteiger partial charge in [0.1, 0.15) is 17.7 Å². The van der Waals surface area contributed by atoms with E-state index in [1.165, 1.54) is 6.07 Å². The van der Waals surface area contributed by atoms with Crippen molar-refractivity contribution in [3.8, 4) is 0 Å². The quantitative estimate of drug-likeness (QED) is 0.920. The fourth-order valence-corrected chi connectivity index (χ4v) is 1.87. The lowest BCUT2D eigenvalue weighted by Crippen LogP contribution is -2.07. The molecule has 0 saturated carbocycles. The molecule has 0 fully saturated rings. The number of aliphatic hydroxyl groups is 1. The second-order valence-electron chi connectivity index (χ2n) is 3.47. The Kier molecular flexibility index (Phi) is 3.07. The van der Waals surface area contributed by atoms with Gasteiger partial charge in [-0.2, -0.15) is 0 Å². The van der Waals surface area contributed by atoms with Crippen molar-refractivity contribution in [2.45, 2.75) is 6.10 Å². The fourth-order valence-electron chi connectivity index (χ4n) is 1.47. The van der Waals surface area contributed by atoms with E-state index >= 15 is 0 Å². The predicted molar refractivity (Wildman–Crippen MR) is 61.4 cm³/mol. The molecule has 16 heavy (non-hydrogen) atoms. The SMILES string of the molecule is Cn1ccnc1C(O)c1ccc(F)c(Br)c1. The third kappa shape index (κ3) is 2.01. The summed E-state index contributed by atoms with van der Waals surface area (Å²) in [5, 5.41) is 10.1. The third-order valence-corrected chi connectivity index (χ3v) is 2.97. The van der Waals surface area contributed by atoms with E-state index in [0.29, 0.717) is 15.9 Å². The minimum absolute atomic E-state index is 0.332. The number of aromatic nitrogens is 2. The van der Waals surface area contributed by atoms with Crippen LogP contribution in [0, 0.1) is 5.82 Å². The summed E-state index contributed by atoms with van der Waals surface area (Å²) in [4.78, 5) is 4.05. The smallest absolute Gasteiger partial charge is 0.142 e. The molecule has 3 nitrogen and oxygen atoms in total. The lowest BCUT2D eigenvalue weighted by atomic mass is 10.1. The molecular weight excluding hydrogens is 275 g/mol. The number of benzene rings is 1. The van der Waals surface area contributed by atoms with E-state index in [2.05, 4.69) is 20.9 Å². The molecule has 1 aromatic carbocycles. The Balaban J connectivity index is 2.38. The highest BCUT2D eigenvalue weighted by atomic mass is 79.9. The molecule has 1 aromatic heterocycles. The van der Waals surface area contributed by atoms with E-state index in [-0.39, 0.29) is 5.82 Å². The summed E-state index contributed by atoms with van der Waals surface area (Å²) in [6.45, 7) is 0. The molecule has 2 aromatic rings. The van der Waals surface area contributed by atoms with Crippen LogP contribution in [0.5, 0.6) is 0 Å². The standard InChI is InChI=1S/C11H10BrFN2O/c1-15-5-4-14-11(15)10(16)7-2-3-9(13)8(12)6-7/h2-6,10,16H,1H3. The molecule has 0 spiro atoms. The summed E-state index contributed by atoms with van der Waals surface area (Å²) in [5.41, 5.74) is 0.600. The molecule has 84 valence electrons. The van der Waals surface area contributed by atoms with Crippen LogP contribution in [0.15, 0.2) is 35.1 Å². The van der Waals surface area contributed by atoms with Gasteiger partial charge < -0.3 is 9.67 Å². The van der Waals surface area contributed by atoms with Crippen LogP contribution in [-0.2, 0) is 7.05 Å². The number of imidazole rings is 1. The average molecular weight is 285 g/mol. The van der Waals surface area contributed by atoms with Gasteiger partial charge in [0.05, 0.1) is 4.47 Å². The van der Waals surface area contributed by atoms with Crippen LogP contribution in [-0.4, -0.2) is 14.7 Å². The third-order valence-electron chi connectivity index (χ3n) is 2.36. The van der Waals surface area contributed by atoms with Gasteiger partial charge in [0.25, 0.3) is 0 Å². The first-order chi connectivity index (χ1) is 7.59. The largest absolute Gasteiger partial charge is 0.380 e. The van der Waals surface area contributed by atoms with E-state index in [1.807, 2.05) is 0 Å². The van der Waals surface area contributed by atoms with E-state index in [0.717, 1.165) is 0 Å². The van der Waals surface area contributed by atoms with Crippen molar-refractivity contribution >= 4 is 15.9 Å². The Hall–Kier alpha value is -1.20. The van der Waals surface area contributed by atoms with Gasteiger partial charge in [-0.3, -0.25) is 0 Å². The Morgan fingerprint density at radius 2 is 2.25 bits per heavy atom. The van der Waals surface area contributed by atoms with Crippen molar-refractivity contribution in [1.29, 1.82) is 0 Å². The molecule has 0 saturated heterocycles. The van der Waals surface area contributed by atoms with Crippen LogP contribution in [0.2, 0.25) is 0 Å². The highest BCUT2D eigenvalue weighted by Gasteiger charge is 2.15. The Bertz CT molecular complexity index is 512. The minimum Gasteiger partial charge on any atom is -0.380 e. The van der Waals surface area contributed by atoms with Crippen LogP contribution in [0.4, 0.5) is 4.39 Å². The first kappa shape index (κ1) is 11.3. The number of hydrogen-bond donors (Lipinski definition) is 1. The van der Waals surface area contributed by atoms with Gasteiger partial charge in [-0.1, -0.05) is 6.07 Å². The average Bonchev–Trinajstić information content (AvgIpc) is 2.67. The van der Waals surface area contributed by atoms with Gasteiger partial charge in [-0.05, 0) is 33.6 Å². The molecule has 5 heteroatoms. The maximum absolute atomic E-state index is 13.0. The summed E-state index contributed by atoms with van der Waals surface area (Å²) >= 11 is 3.08. The van der Waals surface area contributed by atoms with Crippen LogP contribution < -0.4 is 0 Å².